The van der Waals surface area contributed by atoms with Crippen molar-refractivity contribution in [1.29, 1.82) is 0 Å². The Balaban J connectivity index is 4.53. The van der Waals surface area contributed by atoms with E-state index in [1.54, 1.807) is 0 Å². The molecule has 1 atom stereocenters. The highest BCUT2D eigenvalue weighted by Gasteiger charge is 2.19. The molecule has 0 amide bonds. The molecule has 70 heavy (non-hydrogen) atoms. The quantitative estimate of drug-likeness (QED) is 0.0199. The van der Waals surface area contributed by atoms with E-state index in [1.165, 1.54) is 128 Å². The van der Waals surface area contributed by atoms with Crippen molar-refractivity contribution in [3.63, 3.8) is 0 Å². The van der Waals surface area contributed by atoms with E-state index in [2.05, 4.69) is 106 Å². The fourth-order valence-electron chi connectivity index (χ4n) is 7.72. The van der Waals surface area contributed by atoms with Crippen LogP contribution in [0.1, 0.15) is 258 Å². The van der Waals surface area contributed by atoms with Crippen LogP contribution in [0.4, 0.5) is 0 Å². The van der Waals surface area contributed by atoms with Gasteiger partial charge in [-0.3, -0.25) is 14.4 Å². The third kappa shape index (κ3) is 55.0. The maximum atomic E-state index is 12.8. The molecule has 0 saturated carbocycles. The normalized spacial score (nSPS) is 12.9. The zero-order valence-corrected chi connectivity index (χ0v) is 45.5. The summed E-state index contributed by atoms with van der Waals surface area (Å²) in [5.74, 6) is -0.992. The van der Waals surface area contributed by atoms with Gasteiger partial charge < -0.3 is 14.2 Å². The molecule has 398 valence electrons. The van der Waals surface area contributed by atoms with Gasteiger partial charge in [0, 0.05) is 19.3 Å². The second kappa shape index (κ2) is 57.6. The maximum absolute atomic E-state index is 12.8. The Kier molecular flexibility index (Phi) is 54.4. The second-order valence-corrected chi connectivity index (χ2v) is 19.0. The fourth-order valence-corrected chi connectivity index (χ4v) is 7.72. The highest BCUT2D eigenvalue weighted by molar-refractivity contribution is 5.71. The molecule has 0 aliphatic carbocycles. The van der Waals surface area contributed by atoms with E-state index in [1.807, 2.05) is 24.3 Å². The SMILES string of the molecule is CCC\C=C/C=C\C=C/C=C\C=C/CCCCCCCC(=O)OCC(COC(=O)CCCCCCCCC/C=C\CCCCCCCC)OC(=O)CCC/C=C\C/C=C\C/C=C\CCCCCCCC. The molecule has 0 aromatic carbocycles. The molecule has 0 spiro atoms. The minimum absolute atomic E-state index is 0.110. The summed E-state index contributed by atoms with van der Waals surface area (Å²) in [6, 6.07) is 0. The molecule has 0 aliphatic rings. The van der Waals surface area contributed by atoms with E-state index in [9.17, 15) is 14.4 Å². The van der Waals surface area contributed by atoms with Crippen molar-refractivity contribution < 1.29 is 28.6 Å². The number of hydrogen-bond acceptors (Lipinski definition) is 6. The van der Waals surface area contributed by atoms with Crippen molar-refractivity contribution in [2.24, 2.45) is 0 Å². The van der Waals surface area contributed by atoms with Crippen molar-refractivity contribution in [2.75, 3.05) is 13.2 Å². The number of esters is 3. The number of rotatable bonds is 51. The first-order valence-electron chi connectivity index (χ1n) is 29.0. The molecule has 0 N–H and O–H groups in total. The summed E-state index contributed by atoms with van der Waals surface area (Å²) < 4.78 is 16.8. The summed E-state index contributed by atoms with van der Waals surface area (Å²) in [5.41, 5.74) is 0. The summed E-state index contributed by atoms with van der Waals surface area (Å²) in [4.78, 5) is 38.2. The Hall–Kier alpha value is -3.93. The molecule has 0 rings (SSSR count). The van der Waals surface area contributed by atoms with Crippen LogP contribution in [0.25, 0.3) is 0 Å². The Morgan fingerprint density at radius 1 is 0.300 bits per heavy atom. The lowest BCUT2D eigenvalue weighted by Gasteiger charge is -2.18. The average Bonchev–Trinajstić information content (AvgIpc) is 3.36. The maximum Gasteiger partial charge on any atom is 0.306 e. The average molecular weight is 972 g/mol. The molecule has 6 heteroatoms. The lowest BCUT2D eigenvalue weighted by atomic mass is 10.1. The lowest BCUT2D eigenvalue weighted by Crippen LogP contribution is -2.30. The van der Waals surface area contributed by atoms with Gasteiger partial charge in [0.05, 0.1) is 0 Å². The zero-order chi connectivity index (χ0) is 50.7. The fraction of sp³-hybridized carbons (Fsp3) is 0.672. The predicted octanol–water partition coefficient (Wildman–Crippen LogP) is 19.5. The first kappa shape index (κ1) is 66.1. The first-order chi connectivity index (χ1) is 34.5. The molecule has 0 bridgehead atoms. The van der Waals surface area contributed by atoms with Gasteiger partial charge in [0.2, 0.25) is 0 Å². The van der Waals surface area contributed by atoms with Crippen LogP contribution in [0.15, 0.2) is 109 Å². The summed E-state index contributed by atoms with van der Waals surface area (Å²) in [6.07, 6.45) is 77.9. The molecule has 0 aromatic heterocycles. The van der Waals surface area contributed by atoms with Gasteiger partial charge in [-0.25, -0.2) is 0 Å². The highest BCUT2D eigenvalue weighted by Crippen LogP contribution is 2.14. The van der Waals surface area contributed by atoms with Gasteiger partial charge in [0.25, 0.3) is 0 Å². The third-order valence-electron chi connectivity index (χ3n) is 12.1. The Morgan fingerprint density at radius 2 is 0.614 bits per heavy atom. The van der Waals surface area contributed by atoms with Crippen molar-refractivity contribution in [3.05, 3.63) is 109 Å². The zero-order valence-electron chi connectivity index (χ0n) is 45.5. The summed E-state index contributed by atoms with van der Waals surface area (Å²) in [6.45, 7) is 6.48. The van der Waals surface area contributed by atoms with Crippen molar-refractivity contribution in [2.45, 2.75) is 264 Å². The monoisotopic (exact) mass is 971 g/mol. The number of allylic oxidation sites excluding steroid dienone is 18. The molecule has 1 unspecified atom stereocenters. The second-order valence-electron chi connectivity index (χ2n) is 19.0. The molecule has 0 saturated heterocycles. The Morgan fingerprint density at radius 3 is 1.04 bits per heavy atom. The van der Waals surface area contributed by atoms with Gasteiger partial charge in [-0.15, -0.1) is 0 Å². The van der Waals surface area contributed by atoms with Crippen LogP contribution in [-0.2, 0) is 28.6 Å². The number of unbranched alkanes of at least 4 members (excludes halogenated alkanes) is 26. The standard InChI is InChI=1S/C64H106O6/c1-4-7-10-13-16-19-22-25-28-31-34-36-39-42-45-48-51-54-57-63(66)69-60-61(70-64(67)58-55-52-49-46-43-40-37-33-30-27-24-21-18-15-12-9-6-3)59-68-62(65)56-53-50-47-44-41-38-35-32-29-26-23-20-17-14-11-8-5-2/h10,13,16,19,22,25-31,34,36-37,40,46,49,61H,4-9,11-12,14-15,17-18,20-21,23-24,32-33,35,38-39,41-45,47-48,50-60H2,1-3H3/b13-10-,19-16-,25-22-,29-26-,30-27-,31-28-,36-34-,40-37-,49-46-. The van der Waals surface area contributed by atoms with Gasteiger partial charge in [0.15, 0.2) is 6.10 Å². The van der Waals surface area contributed by atoms with Crippen LogP contribution in [0.5, 0.6) is 0 Å². The number of carbonyl (C=O) groups excluding carboxylic acids is 3. The smallest absolute Gasteiger partial charge is 0.306 e. The number of carbonyl (C=O) groups is 3. The van der Waals surface area contributed by atoms with Crippen LogP contribution < -0.4 is 0 Å². The van der Waals surface area contributed by atoms with Crippen molar-refractivity contribution in [3.8, 4) is 0 Å². The molecule has 0 aliphatic heterocycles. The van der Waals surface area contributed by atoms with Gasteiger partial charge in [0.1, 0.15) is 13.2 Å². The van der Waals surface area contributed by atoms with E-state index in [-0.39, 0.29) is 37.5 Å². The topological polar surface area (TPSA) is 78.9 Å². The molecule has 0 fully saturated rings. The molecule has 0 heterocycles. The highest BCUT2D eigenvalue weighted by atomic mass is 16.6. The van der Waals surface area contributed by atoms with E-state index in [4.69, 9.17) is 14.2 Å². The Bertz CT molecular complexity index is 1440. The minimum atomic E-state index is -0.820. The predicted molar refractivity (Wildman–Crippen MR) is 302 cm³/mol. The van der Waals surface area contributed by atoms with Gasteiger partial charge in [-0.05, 0) is 96.3 Å². The largest absolute Gasteiger partial charge is 0.462 e. The van der Waals surface area contributed by atoms with Crippen LogP contribution in [0.3, 0.4) is 0 Å². The number of ether oxygens (including phenoxy) is 3. The van der Waals surface area contributed by atoms with Crippen LogP contribution in [0, 0.1) is 0 Å². The Labute approximate surface area is 431 Å². The van der Waals surface area contributed by atoms with Crippen LogP contribution in [-0.4, -0.2) is 37.2 Å². The van der Waals surface area contributed by atoms with Gasteiger partial charge in [-0.1, -0.05) is 252 Å². The van der Waals surface area contributed by atoms with Crippen LogP contribution in [0.2, 0.25) is 0 Å². The van der Waals surface area contributed by atoms with E-state index >= 15 is 0 Å². The summed E-state index contributed by atoms with van der Waals surface area (Å²) >= 11 is 0. The van der Waals surface area contributed by atoms with E-state index in [0.717, 1.165) is 83.5 Å². The van der Waals surface area contributed by atoms with Crippen molar-refractivity contribution in [1.82, 2.24) is 0 Å². The molecular formula is C64H106O6. The minimum Gasteiger partial charge on any atom is -0.462 e. The molecular weight excluding hydrogens is 865 g/mol. The molecule has 0 aromatic rings. The third-order valence-corrected chi connectivity index (χ3v) is 12.1. The van der Waals surface area contributed by atoms with E-state index in [0.29, 0.717) is 19.3 Å². The molecule has 6 nitrogen and oxygen atoms in total. The number of hydrogen-bond donors (Lipinski definition) is 0. The van der Waals surface area contributed by atoms with Crippen molar-refractivity contribution >= 4 is 17.9 Å². The van der Waals surface area contributed by atoms with Crippen LogP contribution >= 0.6 is 0 Å². The van der Waals surface area contributed by atoms with Gasteiger partial charge >= 0.3 is 17.9 Å². The first-order valence-corrected chi connectivity index (χ1v) is 29.0. The van der Waals surface area contributed by atoms with E-state index < -0.39 is 6.10 Å². The lowest BCUT2D eigenvalue weighted by molar-refractivity contribution is -0.167. The summed E-state index contributed by atoms with van der Waals surface area (Å²) in [7, 11) is 0. The molecule has 0 radical (unpaired) electrons. The van der Waals surface area contributed by atoms with Gasteiger partial charge in [-0.2, -0.15) is 0 Å². The summed E-state index contributed by atoms with van der Waals surface area (Å²) in [5, 5.41) is 0.